The van der Waals surface area contributed by atoms with Gasteiger partial charge in [0.2, 0.25) is 0 Å². The Morgan fingerprint density at radius 2 is 2.17 bits per heavy atom. The normalized spacial score (nSPS) is 21.2. The lowest BCUT2D eigenvalue weighted by atomic mass is 10.1. The summed E-state index contributed by atoms with van der Waals surface area (Å²) in [5, 5.41) is 25.0. The number of aliphatic hydroxyl groups excluding tert-OH is 1. The van der Waals surface area contributed by atoms with Crippen molar-refractivity contribution in [3.63, 3.8) is 0 Å². The Labute approximate surface area is 139 Å². The third kappa shape index (κ3) is 3.16. The zero-order valence-corrected chi connectivity index (χ0v) is 13.6. The predicted octanol–water partition coefficient (Wildman–Crippen LogP) is -0.858. The number of rotatable bonds is 6. The molecule has 0 aliphatic carbocycles. The van der Waals surface area contributed by atoms with Gasteiger partial charge >= 0.3 is 5.70 Å². The van der Waals surface area contributed by atoms with Gasteiger partial charge in [0, 0.05) is 45.4 Å². The van der Waals surface area contributed by atoms with Crippen LogP contribution in [0.2, 0.25) is 0 Å². The maximum atomic E-state index is 11.5. The molecule has 3 rings (SSSR count). The molecule has 10 heteroatoms. The number of fused-ring (bicyclic) bond motifs is 1. The lowest BCUT2D eigenvalue weighted by Gasteiger charge is -2.39. The lowest BCUT2D eigenvalue weighted by molar-refractivity contribution is -0.426. The lowest BCUT2D eigenvalue weighted by Crippen LogP contribution is -2.48. The van der Waals surface area contributed by atoms with E-state index in [1.54, 1.807) is 6.08 Å². The molecule has 0 amide bonds. The number of hydrogen-bond donors (Lipinski definition) is 3. The van der Waals surface area contributed by atoms with E-state index in [0.29, 0.717) is 24.4 Å². The zero-order chi connectivity index (χ0) is 17.1. The Bertz CT molecular complexity index is 594. The number of allylic oxidation sites excluding steroid dienone is 1. The molecule has 10 nitrogen and oxygen atoms in total. The van der Waals surface area contributed by atoms with Crippen molar-refractivity contribution >= 4 is 0 Å². The van der Waals surface area contributed by atoms with Crippen LogP contribution in [0.15, 0.2) is 35.2 Å². The van der Waals surface area contributed by atoms with Gasteiger partial charge in [-0.2, -0.15) is 5.06 Å². The maximum Gasteiger partial charge on any atom is 0.320 e. The van der Waals surface area contributed by atoms with E-state index in [0.717, 1.165) is 32.0 Å². The minimum absolute atomic E-state index is 0.0304. The van der Waals surface area contributed by atoms with Crippen LogP contribution in [0, 0.1) is 10.1 Å². The Morgan fingerprint density at radius 3 is 2.83 bits per heavy atom. The monoisotopic (exact) mass is 338 g/mol. The molecule has 0 atom stereocenters. The summed E-state index contributed by atoms with van der Waals surface area (Å²) < 4.78 is 0. The molecule has 0 unspecified atom stereocenters. The summed E-state index contributed by atoms with van der Waals surface area (Å²) in [5.74, 6) is 0.761. The van der Waals surface area contributed by atoms with Crippen LogP contribution in [0.3, 0.4) is 0 Å². The fourth-order valence-electron chi connectivity index (χ4n) is 2.86. The van der Waals surface area contributed by atoms with Crippen LogP contribution < -0.4 is 10.8 Å². The maximum absolute atomic E-state index is 11.5. The number of likely N-dealkylation sites (N-methyl/N-ethyl adjacent to an activating group) is 1. The molecule has 3 N–H and O–H groups in total. The molecule has 0 bridgehead atoms. The van der Waals surface area contributed by atoms with Crippen molar-refractivity contribution in [2.75, 3.05) is 46.4 Å². The zero-order valence-electron chi connectivity index (χ0n) is 13.6. The van der Waals surface area contributed by atoms with Crippen LogP contribution in [0.25, 0.3) is 0 Å². The molecule has 3 aliphatic heterocycles. The average molecular weight is 338 g/mol. The van der Waals surface area contributed by atoms with Gasteiger partial charge in [0.15, 0.2) is 5.70 Å². The van der Waals surface area contributed by atoms with Crippen molar-refractivity contribution in [2.45, 2.75) is 6.42 Å². The van der Waals surface area contributed by atoms with Gasteiger partial charge in [0.05, 0.1) is 11.1 Å². The van der Waals surface area contributed by atoms with Crippen molar-refractivity contribution in [1.82, 2.24) is 25.7 Å². The highest BCUT2D eigenvalue weighted by Gasteiger charge is 2.40. The van der Waals surface area contributed by atoms with Crippen LogP contribution in [0.4, 0.5) is 0 Å². The van der Waals surface area contributed by atoms with Crippen molar-refractivity contribution in [3.05, 3.63) is 45.3 Å². The number of hydrogen-bond acceptors (Lipinski definition) is 9. The minimum atomic E-state index is -0.423. The molecule has 3 aliphatic rings. The highest BCUT2D eigenvalue weighted by molar-refractivity contribution is 5.41. The Hall–Kier alpha value is -2.30. The van der Waals surface area contributed by atoms with E-state index < -0.39 is 4.92 Å². The Balaban J connectivity index is 1.91. The average Bonchev–Trinajstić information content (AvgIpc) is 3.04. The summed E-state index contributed by atoms with van der Waals surface area (Å²) in [6.07, 6.45) is 3.74. The molecule has 0 saturated carbocycles. The first-order valence-electron chi connectivity index (χ1n) is 7.93. The van der Waals surface area contributed by atoms with Gasteiger partial charge in [-0.05, 0) is 13.5 Å². The molecule has 1 fully saturated rings. The molecular formula is C14H22N6O4. The first-order valence-corrected chi connectivity index (χ1v) is 7.93. The summed E-state index contributed by atoms with van der Waals surface area (Å²) in [7, 11) is 2.07. The SMILES string of the molecule is CN1CCN(C2=CC(NCCCO)=C([N+](=O)[O-])C3=CNON32)CC1. The predicted molar refractivity (Wildman–Crippen MR) is 85.0 cm³/mol. The number of nitrogens with zero attached hydrogens (tertiary/aromatic N) is 4. The first-order chi connectivity index (χ1) is 11.6. The van der Waals surface area contributed by atoms with Crippen LogP contribution >= 0.6 is 0 Å². The van der Waals surface area contributed by atoms with Crippen LogP contribution in [-0.2, 0) is 4.94 Å². The summed E-state index contributed by atoms with van der Waals surface area (Å²) in [6.45, 7) is 3.94. The van der Waals surface area contributed by atoms with Gasteiger partial charge in [-0.15, -0.1) is 4.94 Å². The number of nitrogens with one attached hydrogen (secondary N) is 2. The summed E-state index contributed by atoms with van der Waals surface area (Å²) in [5.41, 5.74) is 3.34. The summed E-state index contributed by atoms with van der Waals surface area (Å²) >= 11 is 0. The van der Waals surface area contributed by atoms with Gasteiger partial charge in [-0.3, -0.25) is 10.1 Å². The van der Waals surface area contributed by atoms with Crippen LogP contribution in [-0.4, -0.2) is 71.3 Å². The first kappa shape index (κ1) is 16.6. The second kappa shape index (κ2) is 7.07. The number of piperazine rings is 1. The fraction of sp³-hybridized carbons (Fsp3) is 0.571. The number of nitro groups is 1. The van der Waals surface area contributed by atoms with E-state index in [9.17, 15) is 10.1 Å². The van der Waals surface area contributed by atoms with Gasteiger partial charge in [0.25, 0.3) is 0 Å². The van der Waals surface area contributed by atoms with Gasteiger partial charge in [-0.1, -0.05) is 0 Å². The van der Waals surface area contributed by atoms with E-state index in [1.165, 1.54) is 11.3 Å². The van der Waals surface area contributed by atoms with Gasteiger partial charge in [-0.25, -0.2) is 5.48 Å². The standard InChI is InChI=1S/C14H22N6O4/c1-17-4-6-18(7-5-17)13-9-11(15-3-2-8-21)14(20(22)23)12-10-16-24-19(12)13/h9-10,15-16,21H,2-8H2,1H3. The molecule has 0 aromatic heterocycles. The third-order valence-corrected chi connectivity index (χ3v) is 4.20. The van der Waals surface area contributed by atoms with E-state index >= 15 is 0 Å². The highest BCUT2D eigenvalue weighted by atomic mass is 16.8. The molecule has 0 radical (unpaired) electrons. The van der Waals surface area contributed by atoms with Crippen molar-refractivity contribution < 1.29 is 15.0 Å². The van der Waals surface area contributed by atoms with E-state index in [2.05, 4.69) is 27.6 Å². The van der Waals surface area contributed by atoms with Crippen LogP contribution in [0.5, 0.6) is 0 Å². The highest BCUT2D eigenvalue weighted by Crippen LogP contribution is 2.33. The second-order valence-electron chi connectivity index (χ2n) is 5.85. The molecule has 3 heterocycles. The largest absolute Gasteiger partial charge is 0.396 e. The molecular weight excluding hydrogens is 316 g/mol. The van der Waals surface area contributed by atoms with Crippen LogP contribution in [0.1, 0.15) is 6.42 Å². The molecule has 24 heavy (non-hydrogen) atoms. The Kier molecular flexibility index (Phi) is 4.88. The fourth-order valence-corrected chi connectivity index (χ4v) is 2.86. The van der Waals surface area contributed by atoms with Crippen molar-refractivity contribution in [3.8, 4) is 0 Å². The van der Waals surface area contributed by atoms with Gasteiger partial charge < -0.3 is 20.2 Å². The smallest absolute Gasteiger partial charge is 0.320 e. The minimum Gasteiger partial charge on any atom is -0.396 e. The summed E-state index contributed by atoms with van der Waals surface area (Å²) in [6, 6.07) is 0. The number of hydroxylamine groups is 3. The number of aliphatic hydroxyl groups is 1. The molecule has 132 valence electrons. The summed E-state index contributed by atoms with van der Waals surface area (Å²) in [4.78, 5) is 20.8. The van der Waals surface area contributed by atoms with E-state index in [4.69, 9.17) is 10.0 Å². The topological polar surface area (TPSA) is 106 Å². The van der Waals surface area contributed by atoms with E-state index in [1.807, 2.05) is 0 Å². The third-order valence-electron chi connectivity index (χ3n) is 4.20. The molecule has 0 spiro atoms. The van der Waals surface area contributed by atoms with E-state index in [-0.39, 0.29) is 12.3 Å². The van der Waals surface area contributed by atoms with Crippen molar-refractivity contribution in [1.29, 1.82) is 0 Å². The molecule has 0 aromatic carbocycles. The Morgan fingerprint density at radius 1 is 1.42 bits per heavy atom. The van der Waals surface area contributed by atoms with Gasteiger partial charge in [0.1, 0.15) is 11.5 Å². The molecule has 0 aromatic rings. The quantitative estimate of drug-likeness (QED) is 0.324. The second-order valence-corrected chi connectivity index (χ2v) is 5.85. The molecule has 1 saturated heterocycles. The van der Waals surface area contributed by atoms with Crippen molar-refractivity contribution in [2.24, 2.45) is 0 Å².